The number of anilines is 1. The van der Waals surface area contributed by atoms with Gasteiger partial charge in [0.1, 0.15) is 11.5 Å². The number of carbonyl (C=O) groups is 1. The summed E-state index contributed by atoms with van der Waals surface area (Å²) in [5.74, 6) is -0.0268. The van der Waals surface area contributed by atoms with E-state index in [-0.39, 0.29) is 40.4 Å². The summed E-state index contributed by atoms with van der Waals surface area (Å²) in [6.45, 7) is 1.88. The van der Waals surface area contributed by atoms with Crippen LogP contribution in [-0.2, 0) is 4.74 Å². The minimum Gasteiger partial charge on any atom is -0.507 e. The van der Waals surface area contributed by atoms with E-state index in [1.165, 1.54) is 24.5 Å². The Hall–Kier alpha value is -3.35. The molecule has 0 saturated heterocycles. The Kier molecular flexibility index (Phi) is 4.15. The van der Waals surface area contributed by atoms with E-state index in [0.29, 0.717) is 5.39 Å². The van der Waals surface area contributed by atoms with E-state index in [9.17, 15) is 14.7 Å². The summed E-state index contributed by atoms with van der Waals surface area (Å²) in [4.78, 5) is 27.8. The zero-order valence-corrected chi connectivity index (χ0v) is 12.8. The first-order chi connectivity index (χ1) is 11.6. The molecule has 3 rings (SSSR count). The summed E-state index contributed by atoms with van der Waals surface area (Å²) >= 11 is 0. The van der Waals surface area contributed by atoms with Crippen molar-refractivity contribution in [1.82, 2.24) is 4.98 Å². The molecule has 0 aliphatic heterocycles. The third-order valence-corrected chi connectivity index (χ3v) is 3.33. The number of hydrogen-bond acceptors (Lipinski definition) is 6. The second-order valence-corrected chi connectivity index (χ2v) is 4.89. The molecule has 1 aromatic carbocycles. The third-order valence-electron chi connectivity index (χ3n) is 3.33. The molecule has 0 bridgehead atoms. The molecular weight excluding hydrogens is 312 g/mol. The number of aromatic hydroxyl groups is 1. The lowest BCUT2D eigenvalue weighted by Gasteiger charge is -2.12. The molecule has 0 unspecified atom stereocenters. The summed E-state index contributed by atoms with van der Waals surface area (Å²) < 4.78 is 10.5. The first-order valence-electron chi connectivity index (χ1n) is 7.24. The molecule has 0 atom stereocenters. The Morgan fingerprint density at radius 3 is 3.00 bits per heavy atom. The molecule has 24 heavy (non-hydrogen) atoms. The maximum atomic E-state index is 12.2. The fourth-order valence-corrected chi connectivity index (χ4v) is 2.31. The molecule has 0 radical (unpaired) electrons. The number of ether oxygens (including phenoxy) is 1. The number of hydrogen-bond donors (Lipinski definition) is 2. The predicted octanol–water partition coefficient (Wildman–Crippen LogP) is 3.13. The van der Waals surface area contributed by atoms with Crippen LogP contribution in [0, 0.1) is 0 Å². The number of nitrogens with zero attached hydrogens (tertiary/aromatic N) is 1. The van der Waals surface area contributed by atoms with Crippen molar-refractivity contribution in [1.29, 1.82) is 0 Å². The second-order valence-electron chi connectivity index (χ2n) is 4.89. The molecular formula is C17H14N2O5. The fraction of sp³-hybridized carbons (Fsp3) is 0.118. The highest BCUT2D eigenvalue weighted by Gasteiger charge is 2.17. The van der Waals surface area contributed by atoms with Crippen molar-refractivity contribution in [3.8, 4) is 17.1 Å². The van der Waals surface area contributed by atoms with Crippen LogP contribution < -0.4 is 10.7 Å². The van der Waals surface area contributed by atoms with Crippen molar-refractivity contribution in [2.45, 2.75) is 6.92 Å². The Morgan fingerprint density at radius 2 is 2.21 bits per heavy atom. The van der Waals surface area contributed by atoms with E-state index in [0.717, 1.165) is 0 Å². The van der Waals surface area contributed by atoms with Crippen LogP contribution in [0.2, 0.25) is 0 Å². The van der Waals surface area contributed by atoms with Gasteiger partial charge in [-0.15, -0.1) is 0 Å². The average molecular weight is 326 g/mol. The van der Waals surface area contributed by atoms with E-state index in [2.05, 4.69) is 10.3 Å². The van der Waals surface area contributed by atoms with Crippen LogP contribution in [-0.4, -0.2) is 22.8 Å². The Morgan fingerprint density at radius 1 is 1.38 bits per heavy atom. The molecule has 0 saturated carbocycles. The largest absolute Gasteiger partial charge is 0.507 e. The van der Waals surface area contributed by atoms with Crippen molar-refractivity contribution in [2.24, 2.45) is 0 Å². The summed E-state index contributed by atoms with van der Waals surface area (Å²) in [6, 6.07) is 7.36. The Labute approximate surface area is 136 Å². The molecule has 3 aromatic rings. The van der Waals surface area contributed by atoms with Gasteiger partial charge in [0, 0.05) is 12.3 Å². The number of rotatable bonds is 3. The minimum absolute atomic E-state index is 0.116. The summed E-state index contributed by atoms with van der Waals surface area (Å²) in [7, 11) is 0. The van der Waals surface area contributed by atoms with Gasteiger partial charge in [0.05, 0.1) is 29.4 Å². The standard InChI is InChI=1S/C17H14N2O5/c1-2-23-17(22)19-11-4-3-5-12(20)16(11)14-8-13(21)10-6-7-18-9-15(10)24-14/h3-9,20H,2H2,1H3,(H,19,22). The number of carbonyl (C=O) groups excluding carboxylic acids is 1. The summed E-state index contributed by atoms with van der Waals surface area (Å²) in [6.07, 6.45) is 2.24. The van der Waals surface area contributed by atoms with E-state index in [1.54, 1.807) is 25.1 Å². The molecule has 122 valence electrons. The highest BCUT2D eigenvalue weighted by molar-refractivity contribution is 5.93. The van der Waals surface area contributed by atoms with Crippen LogP contribution in [0.5, 0.6) is 5.75 Å². The van der Waals surface area contributed by atoms with Crippen LogP contribution in [0.3, 0.4) is 0 Å². The smallest absolute Gasteiger partial charge is 0.411 e. The maximum Gasteiger partial charge on any atom is 0.411 e. The lowest BCUT2D eigenvalue weighted by molar-refractivity contribution is 0.168. The Bertz CT molecular complexity index is 965. The lowest BCUT2D eigenvalue weighted by Crippen LogP contribution is -2.14. The fourth-order valence-electron chi connectivity index (χ4n) is 2.31. The third kappa shape index (κ3) is 2.91. The highest BCUT2D eigenvalue weighted by atomic mass is 16.5. The normalized spacial score (nSPS) is 10.5. The van der Waals surface area contributed by atoms with E-state index < -0.39 is 6.09 Å². The molecule has 7 nitrogen and oxygen atoms in total. The molecule has 0 spiro atoms. The lowest BCUT2D eigenvalue weighted by atomic mass is 10.1. The van der Waals surface area contributed by atoms with Gasteiger partial charge >= 0.3 is 6.09 Å². The molecule has 2 aromatic heterocycles. The molecule has 0 fully saturated rings. The number of phenols is 1. The van der Waals surface area contributed by atoms with Gasteiger partial charge in [-0.25, -0.2) is 4.79 Å². The number of fused-ring (bicyclic) bond motifs is 1. The van der Waals surface area contributed by atoms with Gasteiger partial charge in [-0.2, -0.15) is 0 Å². The molecule has 1 amide bonds. The molecule has 0 aliphatic carbocycles. The van der Waals surface area contributed by atoms with Crippen LogP contribution in [0.15, 0.2) is 51.9 Å². The first-order valence-corrected chi connectivity index (χ1v) is 7.24. The van der Waals surface area contributed by atoms with Gasteiger partial charge in [0.25, 0.3) is 0 Å². The van der Waals surface area contributed by atoms with Gasteiger partial charge in [-0.1, -0.05) is 6.07 Å². The number of aromatic nitrogens is 1. The van der Waals surface area contributed by atoms with Crippen molar-refractivity contribution < 1.29 is 19.1 Å². The van der Waals surface area contributed by atoms with E-state index in [4.69, 9.17) is 9.15 Å². The quantitative estimate of drug-likeness (QED) is 0.766. The number of nitrogens with one attached hydrogen (secondary N) is 1. The number of pyridine rings is 1. The van der Waals surface area contributed by atoms with Crippen LogP contribution in [0.25, 0.3) is 22.3 Å². The Balaban J connectivity index is 2.15. The van der Waals surface area contributed by atoms with Gasteiger partial charge < -0.3 is 14.3 Å². The van der Waals surface area contributed by atoms with E-state index in [1.807, 2.05) is 0 Å². The van der Waals surface area contributed by atoms with Crippen LogP contribution >= 0.6 is 0 Å². The molecule has 7 heteroatoms. The first kappa shape index (κ1) is 15.5. The zero-order valence-electron chi connectivity index (χ0n) is 12.8. The number of benzene rings is 1. The monoisotopic (exact) mass is 326 g/mol. The number of amides is 1. The highest BCUT2D eigenvalue weighted by Crippen LogP contribution is 2.36. The predicted molar refractivity (Wildman–Crippen MR) is 88.0 cm³/mol. The van der Waals surface area contributed by atoms with Crippen molar-refractivity contribution in [3.05, 3.63) is 52.9 Å². The van der Waals surface area contributed by atoms with Crippen LogP contribution in [0.4, 0.5) is 10.5 Å². The topological polar surface area (TPSA) is 102 Å². The second kappa shape index (κ2) is 6.41. The SMILES string of the molecule is CCOC(=O)Nc1cccc(O)c1-c1cc(=O)c2ccncc2o1. The van der Waals surface area contributed by atoms with Crippen molar-refractivity contribution >= 4 is 22.7 Å². The van der Waals surface area contributed by atoms with Crippen LogP contribution in [0.1, 0.15) is 6.92 Å². The zero-order chi connectivity index (χ0) is 17.1. The average Bonchev–Trinajstić information content (AvgIpc) is 2.55. The van der Waals surface area contributed by atoms with Crippen molar-refractivity contribution in [2.75, 3.05) is 11.9 Å². The van der Waals surface area contributed by atoms with Crippen molar-refractivity contribution in [3.63, 3.8) is 0 Å². The van der Waals surface area contributed by atoms with E-state index >= 15 is 0 Å². The summed E-state index contributed by atoms with van der Waals surface area (Å²) in [5.41, 5.74) is 0.456. The summed E-state index contributed by atoms with van der Waals surface area (Å²) in [5, 5.41) is 13.1. The van der Waals surface area contributed by atoms with Gasteiger partial charge in [0.15, 0.2) is 11.0 Å². The van der Waals surface area contributed by atoms with Gasteiger partial charge in [-0.3, -0.25) is 15.1 Å². The number of phenolic OH excluding ortho intramolecular Hbond substituents is 1. The minimum atomic E-state index is -0.672. The van der Waals surface area contributed by atoms with Gasteiger partial charge in [0.2, 0.25) is 0 Å². The maximum absolute atomic E-state index is 12.2. The molecule has 2 N–H and O–H groups in total. The molecule has 2 heterocycles. The molecule has 0 aliphatic rings. The van der Waals surface area contributed by atoms with Gasteiger partial charge in [-0.05, 0) is 25.1 Å².